The van der Waals surface area contributed by atoms with Crippen LogP contribution in [0.2, 0.25) is 0 Å². The van der Waals surface area contributed by atoms with E-state index in [1.54, 1.807) is 0 Å². The van der Waals surface area contributed by atoms with Crippen molar-refractivity contribution in [3.8, 4) is 28.4 Å². The quantitative estimate of drug-likeness (QED) is 0.198. The second kappa shape index (κ2) is 12.1. The molecule has 0 aliphatic carbocycles. The lowest BCUT2D eigenvalue weighted by molar-refractivity contribution is 0.446. The number of aryl methyl sites for hydroxylation is 3. The molecule has 6 heteroatoms. The number of phenolic OH excluding ortho intramolecular Hbond substituents is 1. The standard InChI is InChI=1S/C44H44N4O2/c1-26-21-27(2)39(28(3)22-26)48(36-19-12-13-20-45-36)31-16-14-15-29(23-31)37-41-38(32-17-10-11-18-35(32)50-41)47-42(46-37)33-24-30(43(4,5)6)25-34(40(33)49)44(7,8)9/h10-25,49H,1-9H3. The van der Waals surface area contributed by atoms with Crippen LogP contribution in [-0.2, 0) is 10.8 Å². The molecule has 1 N–H and O–H groups in total. The highest BCUT2D eigenvalue weighted by atomic mass is 16.3. The van der Waals surface area contributed by atoms with Gasteiger partial charge in [0.05, 0.1) is 11.3 Å². The first-order valence-corrected chi connectivity index (χ1v) is 17.2. The fourth-order valence-electron chi connectivity index (χ4n) is 6.90. The molecule has 0 unspecified atom stereocenters. The number of nitrogens with zero attached hydrogens (tertiary/aromatic N) is 4. The molecule has 0 aliphatic rings. The minimum atomic E-state index is -0.301. The molecule has 0 bridgehead atoms. The lowest BCUT2D eigenvalue weighted by atomic mass is 9.79. The van der Waals surface area contributed by atoms with E-state index in [4.69, 9.17) is 19.4 Å². The average Bonchev–Trinajstić information content (AvgIpc) is 3.44. The van der Waals surface area contributed by atoms with Gasteiger partial charge in [-0.3, -0.25) is 4.90 Å². The highest BCUT2D eigenvalue weighted by molar-refractivity contribution is 6.07. The first-order valence-electron chi connectivity index (χ1n) is 17.2. The molecular formula is C44H44N4O2. The Balaban J connectivity index is 1.51. The molecule has 7 rings (SSSR count). The third-order valence-electron chi connectivity index (χ3n) is 9.36. The Bertz CT molecular complexity index is 2370. The third kappa shape index (κ3) is 5.89. The van der Waals surface area contributed by atoms with E-state index in [0.29, 0.717) is 28.2 Å². The number of rotatable bonds is 5. The van der Waals surface area contributed by atoms with Gasteiger partial charge in [0.25, 0.3) is 0 Å². The SMILES string of the molecule is Cc1cc(C)c(N(c2cccc(-c3nc(-c4cc(C(C)(C)C)cc(C(C)(C)C)c4O)nc4c3oc3ccccc34)c2)c2ccccn2)c(C)c1. The minimum Gasteiger partial charge on any atom is -0.507 e. The van der Waals surface area contributed by atoms with E-state index >= 15 is 0 Å². The second-order valence-corrected chi connectivity index (χ2v) is 15.4. The number of fused-ring (bicyclic) bond motifs is 3. The van der Waals surface area contributed by atoms with E-state index in [1.165, 1.54) is 5.56 Å². The molecule has 0 fully saturated rings. The highest BCUT2D eigenvalue weighted by Gasteiger charge is 2.28. The van der Waals surface area contributed by atoms with Crippen molar-refractivity contribution in [2.45, 2.75) is 73.1 Å². The summed E-state index contributed by atoms with van der Waals surface area (Å²) in [6, 6.07) is 30.8. The largest absolute Gasteiger partial charge is 0.507 e. The molecule has 3 aromatic heterocycles. The Hall–Kier alpha value is -5.49. The van der Waals surface area contributed by atoms with Crippen molar-refractivity contribution < 1.29 is 9.52 Å². The maximum Gasteiger partial charge on any atom is 0.180 e. The molecule has 252 valence electrons. The van der Waals surface area contributed by atoms with E-state index in [2.05, 4.69) is 104 Å². The molecule has 3 heterocycles. The van der Waals surface area contributed by atoms with Crippen LogP contribution >= 0.6 is 0 Å². The van der Waals surface area contributed by atoms with Gasteiger partial charge in [0, 0.05) is 28.4 Å². The highest BCUT2D eigenvalue weighted by Crippen LogP contribution is 2.44. The average molecular weight is 661 g/mol. The van der Waals surface area contributed by atoms with Crippen LogP contribution in [0.3, 0.4) is 0 Å². The Labute approximate surface area is 294 Å². The lowest BCUT2D eigenvalue weighted by Crippen LogP contribution is -2.17. The molecule has 0 saturated heterocycles. The van der Waals surface area contributed by atoms with Gasteiger partial charge in [-0.2, -0.15) is 0 Å². The molecule has 0 saturated carbocycles. The summed E-state index contributed by atoms with van der Waals surface area (Å²) >= 11 is 0. The number of anilines is 3. The number of phenols is 1. The van der Waals surface area contributed by atoms with Crippen LogP contribution in [0.1, 0.15) is 69.4 Å². The van der Waals surface area contributed by atoms with Crippen molar-refractivity contribution in [1.82, 2.24) is 15.0 Å². The Morgan fingerprint density at radius 3 is 2.12 bits per heavy atom. The fraction of sp³-hybridized carbons (Fsp3) is 0.250. The van der Waals surface area contributed by atoms with Gasteiger partial charge in [0.15, 0.2) is 11.4 Å². The number of benzene rings is 4. The first kappa shape index (κ1) is 33.0. The van der Waals surface area contributed by atoms with Crippen LogP contribution in [0.25, 0.3) is 44.7 Å². The molecule has 7 aromatic rings. The topological polar surface area (TPSA) is 75.3 Å². The van der Waals surface area contributed by atoms with Gasteiger partial charge >= 0.3 is 0 Å². The number of hydrogen-bond acceptors (Lipinski definition) is 6. The van der Waals surface area contributed by atoms with Crippen LogP contribution < -0.4 is 4.90 Å². The van der Waals surface area contributed by atoms with Gasteiger partial charge in [0.2, 0.25) is 0 Å². The number of hydrogen-bond donors (Lipinski definition) is 1. The van der Waals surface area contributed by atoms with Gasteiger partial charge in [0.1, 0.15) is 28.4 Å². The van der Waals surface area contributed by atoms with E-state index in [0.717, 1.165) is 56.0 Å². The summed E-state index contributed by atoms with van der Waals surface area (Å²) in [6.07, 6.45) is 1.82. The molecular weight excluding hydrogens is 617 g/mol. The van der Waals surface area contributed by atoms with Crippen LogP contribution in [0.15, 0.2) is 102 Å². The van der Waals surface area contributed by atoms with Crippen molar-refractivity contribution in [1.29, 1.82) is 0 Å². The van der Waals surface area contributed by atoms with Crippen LogP contribution in [0, 0.1) is 20.8 Å². The molecule has 50 heavy (non-hydrogen) atoms. The first-order chi connectivity index (χ1) is 23.7. The molecule has 0 aliphatic heterocycles. The molecule has 0 radical (unpaired) electrons. The maximum absolute atomic E-state index is 11.9. The number of aromatic hydroxyl groups is 1. The number of furan rings is 1. The van der Waals surface area contributed by atoms with E-state index in [9.17, 15) is 5.11 Å². The summed E-state index contributed by atoms with van der Waals surface area (Å²) in [7, 11) is 0. The van der Waals surface area contributed by atoms with Gasteiger partial charge < -0.3 is 9.52 Å². The second-order valence-electron chi connectivity index (χ2n) is 15.4. The Morgan fingerprint density at radius 2 is 1.44 bits per heavy atom. The molecule has 0 spiro atoms. The van der Waals surface area contributed by atoms with Gasteiger partial charge in [-0.25, -0.2) is 15.0 Å². The zero-order valence-electron chi connectivity index (χ0n) is 30.4. The normalized spacial score (nSPS) is 12.2. The molecule has 0 amide bonds. The monoisotopic (exact) mass is 660 g/mol. The van der Waals surface area contributed by atoms with Crippen LogP contribution in [0.5, 0.6) is 5.75 Å². The number of para-hydroxylation sites is 1. The molecule has 4 aromatic carbocycles. The maximum atomic E-state index is 11.9. The van der Waals surface area contributed by atoms with Crippen molar-refractivity contribution in [2.75, 3.05) is 4.90 Å². The Kier molecular flexibility index (Phi) is 8.01. The van der Waals surface area contributed by atoms with Gasteiger partial charge in [-0.15, -0.1) is 0 Å². The van der Waals surface area contributed by atoms with Gasteiger partial charge in [-0.05, 0) is 90.8 Å². The Morgan fingerprint density at radius 1 is 0.720 bits per heavy atom. The summed E-state index contributed by atoms with van der Waals surface area (Å²) in [6.45, 7) is 19.3. The zero-order chi connectivity index (χ0) is 35.5. The van der Waals surface area contributed by atoms with E-state index in [-0.39, 0.29) is 16.6 Å². The van der Waals surface area contributed by atoms with Crippen molar-refractivity contribution >= 4 is 39.3 Å². The minimum absolute atomic E-state index is 0.160. The van der Waals surface area contributed by atoms with Crippen molar-refractivity contribution in [2.24, 2.45) is 0 Å². The molecule has 6 nitrogen and oxygen atoms in total. The lowest BCUT2D eigenvalue weighted by Gasteiger charge is -2.28. The summed E-state index contributed by atoms with van der Waals surface area (Å²) in [5, 5.41) is 12.8. The summed E-state index contributed by atoms with van der Waals surface area (Å²) in [4.78, 5) is 17.4. The summed E-state index contributed by atoms with van der Waals surface area (Å²) in [5.41, 5.74) is 11.2. The van der Waals surface area contributed by atoms with Gasteiger partial charge in [-0.1, -0.05) is 95.6 Å². The fourth-order valence-corrected chi connectivity index (χ4v) is 6.90. The smallest absolute Gasteiger partial charge is 0.180 e. The van der Waals surface area contributed by atoms with E-state index < -0.39 is 0 Å². The summed E-state index contributed by atoms with van der Waals surface area (Å²) in [5.74, 6) is 1.46. The molecule has 0 atom stereocenters. The van der Waals surface area contributed by atoms with Crippen molar-refractivity contribution in [3.05, 3.63) is 125 Å². The zero-order valence-corrected chi connectivity index (χ0v) is 30.4. The number of pyridine rings is 1. The predicted molar refractivity (Wildman–Crippen MR) is 206 cm³/mol. The predicted octanol–water partition coefficient (Wildman–Crippen LogP) is 11.8. The third-order valence-corrected chi connectivity index (χ3v) is 9.36. The van der Waals surface area contributed by atoms with Crippen molar-refractivity contribution in [3.63, 3.8) is 0 Å². The van der Waals surface area contributed by atoms with Crippen LogP contribution in [0.4, 0.5) is 17.2 Å². The summed E-state index contributed by atoms with van der Waals surface area (Å²) < 4.78 is 6.52. The number of aromatic nitrogens is 3. The van der Waals surface area contributed by atoms with Crippen LogP contribution in [-0.4, -0.2) is 20.1 Å². The van der Waals surface area contributed by atoms with E-state index in [1.807, 2.05) is 60.8 Å².